The van der Waals surface area contributed by atoms with E-state index in [1.165, 1.54) is 0 Å². The molecule has 0 aliphatic carbocycles. The number of piperidine rings is 1. The lowest BCUT2D eigenvalue weighted by Gasteiger charge is -2.31. The first-order chi connectivity index (χ1) is 9.60. The van der Waals surface area contributed by atoms with Crippen LogP contribution in [-0.4, -0.2) is 53.0 Å². The lowest BCUT2D eigenvalue weighted by molar-refractivity contribution is -0.134. The van der Waals surface area contributed by atoms with Crippen molar-refractivity contribution in [3.05, 3.63) is 11.7 Å². The molecule has 1 aromatic rings. The third-order valence-corrected chi connectivity index (χ3v) is 3.72. The van der Waals surface area contributed by atoms with Crippen LogP contribution in [0.4, 0.5) is 0 Å². The van der Waals surface area contributed by atoms with Crippen LogP contribution >= 0.6 is 0 Å². The van der Waals surface area contributed by atoms with E-state index in [2.05, 4.69) is 22.0 Å². The molecule has 0 spiro atoms. The zero-order valence-corrected chi connectivity index (χ0v) is 12.6. The molecular weight excluding hydrogens is 256 g/mol. The Morgan fingerprint density at radius 3 is 2.70 bits per heavy atom. The minimum Gasteiger partial charge on any atom is -0.349 e. The van der Waals surface area contributed by atoms with E-state index < -0.39 is 0 Å². The molecule has 1 aliphatic heterocycles. The van der Waals surface area contributed by atoms with Crippen LogP contribution in [0.5, 0.6) is 0 Å². The van der Waals surface area contributed by atoms with E-state index >= 15 is 0 Å². The molecule has 1 aromatic heterocycles. The van der Waals surface area contributed by atoms with Crippen LogP contribution in [0.3, 0.4) is 0 Å². The second-order valence-electron chi connectivity index (χ2n) is 5.64. The third kappa shape index (κ3) is 3.79. The fraction of sp³-hybridized carbons (Fsp3) is 0.786. The normalized spacial score (nSPS) is 17.4. The van der Waals surface area contributed by atoms with Gasteiger partial charge in [-0.15, -0.1) is 0 Å². The van der Waals surface area contributed by atoms with Crippen molar-refractivity contribution in [1.82, 2.24) is 19.9 Å². The number of hydrogen-bond donors (Lipinski definition) is 0. The average Bonchev–Trinajstić information content (AvgIpc) is 2.86. The van der Waals surface area contributed by atoms with Crippen LogP contribution in [0.1, 0.15) is 37.9 Å². The quantitative estimate of drug-likeness (QED) is 0.814. The first-order valence-electron chi connectivity index (χ1n) is 7.35. The first kappa shape index (κ1) is 15.0. The van der Waals surface area contributed by atoms with Gasteiger partial charge in [-0.25, -0.2) is 0 Å². The van der Waals surface area contributed by atoms with E-state index in [1.54, 1.807) is 4.90 Å². The molecule has 0 unspecified atom stereocenters. The smallest absolute Gasteiger partial charge is 0.240 e. The monoisotopic (exact) mass is 280 g/mol. The maximum Gasteiger partial charge on any atom is 0.240 e. The summed E-state index contributed by atoms with van der Waals surface area (Å²) in [7, 11) is 3.64. The molecule has 2 rings (SSSR count). The van der Waals surface area contributed by atoms with E-state index in [-0.39, 0.29) is 11.8 Å². The molecule has 0 aromatic carbocycles. The number of carbonyl (C=O) groups excluding carboxylic acids is 1. The van der Waals surface area contributed by atoms with Gasteiger partial charge in [-0.2, -0.15) is 4.98 Å². The fourth-order valence-electron chi connectivity index (χ4n) is 2.57. The summed E-state index contributed by atoms with van der Waals surface area (Å²) < 4.78 is 5.25. The Morgan fingerprint density at radius 2 is 2.10 bits per heavy atom. The maximum absolute atomic E-state index is 11.9. The van der Waals surface area contributed by atoms with Crippen molar-refractivity contribution in [2.24, 2.45) is 5.92 Å². The highest BCUT2D eigenvalue weighted by atomic mass is 16.5. The van der Waals surface area contributed by atoms with Gasteiger partial charge in [0, 0.05) is 26.4 Å². The van der Waals surface area contributed by atoms with Crippen LogP contribution < -0.4 is 0 Å². The lowest BCUT2D eigenvalue weighted by atomic mass is 9.95. The Morgan fingerprint density at radius 1 is 1.40 bits per heavy atom. The van der Waals surface area contributed by atoms with Crippen LogP contribution in [0.2, 0.25) is 0 Å². The van der Waals surface area contributed by atoms with Gasteiger partial charge in [0.1, 0.15) is 0 Å². The van der Waals surface area contributed by atoms with E-state index in [4.69, 9.17) is 4.52 Å². The van der Waals surface area contributed by atoms with Crippen LogP contribution in [0.15, 0.2) is 4.52 Å². The highest BCUT2D eigenvalue weighted by Gasteiger charge is 2.26. The maximum atomic E-state index is 11.9. The summed E-state index contributed by atoms with van der Waals surface area (Å²) in [5.41, 5.74) is 0. The van der Waals surface area contributed by atoms with Gasteiger partial charge < -0.3 is 9.42 Å². The molecule has 0 radical (unpaired) electrons. The first-order valence-corrected chi connectivity index (χ1v) is 7.35. The van der Waals surface area contributed by atoms with E-state index in [9.17, 15) is 4.79 Å². The molecule has 20 heavy (non-hydrogen) atoms. The number of hydrogen-bond acceptors (Lipinski definition) is 5. The molecule has 1 amide bonds. The Balaban J connectivity index is 1.80. The van der Waals surface area contributed by atoms with Crippen LogP contribution in [0, 0.1) is 5.92 Å². The number of aromatic nitrogens is 2. The van der Waals surface area contributed by atoms with Gasteiger partial charge in [-0.3, -0.25) is 9.69 Å². The Labute approximate surface area is 120 Å². The third-order valence-electron chi connectivity index (χ3n) is 3.72. The van der Waals surface area contributed by atoms with Crippen molar-refractivity contribution in [3.8, 4) is 0 Å². The van der Waals surface area contributed by atoms with E-state index in [0.717, 1.165) is 44.6 Å². The van der Waals surface area contributed by atoms with Gasteiger partial charge in [0.15, 0.2) is 5.82 Å². The van der Waals surface area contributed by atoms with Gasteiger partial charge in [-0.05, 0) is 32.4 Å². The zero-order chi connectivity index (χ0) is 14.5. The van der Waals surface area contributed by atoms with Gasteiger partial charge in [0.2, 0.25) is 11.8 Å². The predicted octanol–water partition coefficient (Wildman–Crippen LogP) is 1.32. The Hall–Kier alpha value is -1.43. The zero-order valence-electron chi connectivity index (χ0n) is 12.6. The van der Waals surface area contributed by atoms with Crippen LogP contribution in [0.25, 0.3) is 0 Å². The number of carbonyl (C=O) groups is 1. The molecule has 0 N–H and O–H groups in total. The highest BCUT2D eigenvalue weighted by molar-refractivity contribution is 5.78. The lowest BCUT2D eigenvalue weighted by Crippen LogP contribution is -2.39. The van der Waals surface area contributed by atoms with Gasteiger partial charge in [0.25, 0.3) is 0 Å². The molecule has 0 saturated carbocycles. The number of likely N-dealkylation sites (tertiary alicyclic amines) is 1. The molecule has 1 aliphatic rings. The molecule has 0 bridgehead atoms. The van der Waals surface area contributed by atoms with E-state index in [1.807, 2.05) is 14.1 Å². The summed E-state index contributed by atoms with van der Waals surface area (Å²) >= 11 is 0. The Kier molecular flexibility index (Phi) is 5.11. The summed E-state index contributed by atoms with van der Waals surface area (Å²) in [6.07, 6.45) is 3.71. The second kappa shape index (κ2) is 6.83. The molecule has 1 saturated heterocycles. The predicted molar refractivity (Wildman–Crippen MR) is 75.0 cm³/mol. The molecule has 112 valence electrons. The summed E-state index contributed by atoms with van der Waals surface area (Å²) in [5, 5.41) is 3.96. The van der Waals surface area contributed by atoms with Crippen molar-refractivity contribution < 1.29 is 9.32 Å². The Bertz CT molecular complexity index is 436. The number of amides is 1. The minimum atomic E-state index is 0.166. The van der Waals surface area contributed by atoms with Crippen molar-refractivity contribution in [2.45, 2.75) is 39.2 Å². The summed E-state index contributed by atoms with van der Waals surface area (Å²) in [6, 6.07) is 0. The summed E-state index contributed by atoms with van der Waals surface area (Å²) in [4.78, 5) is 20.3. The van der Waals surface area contributed by atoms with Crippen molar-refractivity contribution >= 4 is 5.91 Å². The highest BCUT2D eigenvalue weighted by Crippen LogP contribution is 2.20. The van der Waals surface area contributed by atoms with Crippen molar-refractivity contribution in [2.75, 3.05) is 27.2 Å². The van der Waals surface area contributed by atoms with Gasteiger partial charge >= 0.3 is 0 Å². The second-order valence-corrected chi connectivity index (χ2v) is 5.64. The topological polar surface area (TPSA) is 62.5 Å². The fourth-order valence-corrected chi connectivity index (χ4v) is 2.57. The van der Waals surface area contributed by atoms with Crippen molar-refractivity contribution in [3.63, 3.8) is 0 Å². The molecule has 2 heterocycles. The molecule has 6 heteroatoms. The number of aryl methyl sites for hydroxylation is 1. The summed E-state index contributed by atoms with van der Waals surface area (Å²) in [5.74, 6) is 1.89. The molecule has 6 nitrogen and oxygen atoms in total. The number of rotatable bonds is 5. The minimum absolute atomic E-state index is 0.166. The largest absolute Gasteiger partial charge is 0.349 e. The van der Waals surface area contributed by atoms with Crippen LogP contribution in [-0.2, 0) is 17.8 Å². The van der Waals surface area contributed by atoms with E-state index in [0.29, 0.717) is 12.4 Å². The average molecular weight is 280 g/mol. The SMILES string of the molecule is CCCc1noc(CN2CCC(C(=O)N(C)C)CC2)n1. The standard InChI is InChI=1S/C14H24N4O2/c1-4-5-12-15-13(20-16-12)10-18-8-6-11(7-9-18)14(19)17(2)3/h11H,4-10H2,1-3H3. The molecule has 1 fully saturated rings. The van der Waals surface area contributed by atoms with Gasteiger partial charge in [0.05, 0.1) is 6.54 Å². The molecular formula is C14H24N4O2. The number of nitrogens with zero attached hydrogens (tertiary/aromatic N) is 4. The molecule has 0 atom stereocenters. The van der Waals surface area contributed by atoms with Crippen molar-refractivity contribution in [1.29, 1.82) is 0 Å². The summed E-state index contributed by atoms with van der Waals surface area (Å²) in [6.45, 7) is 4.62. The van der Waals surface area contributed by atoms with Gasteiger partial charge in [-0.1, -0.05) is 12.1 Å².